The normalized spacial score (nSPS) is 11.6. The summed E-state index contributed by atoms with van der Waals surface area (Å²) in [4.78, 5) is 17.2. The van der Waals surface area contributed by atoms with Gasteiger partial charge in [0.15, 0.2) is 15.0 Å². The highest BCUT2D eigenvalue weighted by atomic mass is 32.2. The summed E-state index contributed by atoms with van der Waals surface area (Å²) in [5, 5.41) is 5.02. The molecule has 2 aromatic carbocycles. The van der Waals surface area contributed by atoms with E-state index in [0.717, 1.165) is 11.3 Å². The molecule has 0 saturated carbocycles. The summed E-state index contributed by atoms with van der Waals surface area (Å²) in [5.74, 6) is -0.0899. The second kappa shape index (κ2) is 8.24. The number of hydrogen-bond acceptors (Lipinski definition) is 5. The molecule has 0 spiro atoms. The highest BCUT2D eigenvalue weighted by Gasteiger charge is 2.21. The summed E-state index contributed by atoms with van der Waals surface area (Å²) >= 11 is 1.30. The van der Waals surface area contributed by atoms with Gasteiger partial charge in [-0.1, -0.05) is 57.2 Å². The molecule has 5 nitrogen and oxygen atoms in total. The predicted octanol–water partition coefficient (Wildman–Crippen LogP) is 4.98. The van der Waals surface area contributed by atoms with Crippen LogP contribution < -0.4 is 5.32 Å². The summed E-state index contributed by atoms with van der Waals surface area (Å²) in [5.41, 5.74) is 3.11. The van der Waals surface area contributed by atoms with Crippen LogP contribution in [0.25, 0.3) is 11.3 Å². The van der Waals surface area contributed by atoms with E-state index in [1.54, 1.807) is 19.1 Å². The third-order valence-corrected chi connectivity index (χ3v) is 6.99. The molecule has 1 heterocycles. The number of rotatable bonds is 6. The quantitative estimate of drug-likeness (QED) is 0.617. The van der Waals surface area contributed by atoms with E-state index in [9.17, 15) is 13.2 Å². The van der Waals surface area contributed by atoms with Gasteiger partial charge in [0.05, 0.1) is 21.9 Å². The Morgan fingerprint density at radius 2 is 1.79 bits per heavy atom. The lowest BCUT2D eigenvalue weighted by molar-refractivity contribution is 0.102. The molecule has 0 bridgehead atoms. The van der Waals surface area contributed by atoms with Crippen LogP contribution in [0, 0.1) is 0 Å². The molecule has 0 saturated heterocycles. The zero-order valence-corrected chi connectivity index (χ0v) is 17.6. The van der Waals surface area contributed by atoms with Crippen LogP contribution in [0.15, 0.2) is 58.8 Å². The van der Waals surface area contributed by atoms with Crippen LogP contribution in [0.3, 0.4) is 0 Å². The number of anilines is 1. The summed E-state index contributed by atoms with van der Waals surface area (Å²) in [6, 6.07) is 14.4. The second-order valence-electron chi connectivity index (χ2n) is 6.67. The molecule has 0 unspecified atom stereocenters. The van der Waals surface area contributed by atoms with Crippen molar-refractivity contribution in [3.63, 3.8) is 0 Å². The van der Waals surface area contributed by atoms with Crippen molar-refractivity contribution in [2.45, 2.75) is 31.6 Å². The summed E-state index contributed by atoms with van der Waals surface area (Å²) < 4.78 is 24.5. The summed E-state index contributed by atoms with van der Waals surface area (Å²) in [6.45, 7) is 5.84. The fraction of sp³-hybridized carbons (Fsp3) is 0.238. The van der Waals surface area contributed by atoms with Crippen LogP contribution in [0.1, 0.15) is 42.6 Å². The third-order valence-electron chi connectivity index (χ3n) is 4.44. The van der Waals surface area contributed by atoms with E-state index in [4.69, 9.17) is 0 Å². The van der Waals surface area contributed by atoms with Crippen molar-refractivity contribution in [3.05, 3.63) is 65.0 Å². The number of amides is 1. The van der Waals surface area contributed by atoms with Crippen molar-refractivity contribution < 1.29 is 13.2 Å². The van der Waals surface area contributed by atoms with Crippen molar-refractivity contribution in [1.82, 2.24) is 4.98 Å². The molecular weight excluding hydrogens is 392 g/mol. The maximum Gasteiger partial charge on any atom is 0.258 e. The van der Waals surface area contributed by atoms with Gasteiger partial charge in [-0.3, -0.25) is 10.1 Å². The molecule has 3 aromatic rings. The number of benzene rings is 2. The Bertz CT molecular complexity index is 1080. The molecule has 146 valence electrons. The molecule has 0 aliphatic heterocycles. The minimum absolute atomic E-state index is 0.0380. The molecule has 0 radical (unpaired) electrons. The SMILES string of the molecule is CCS(=O)(=O)c1ccccc1C(=O)Nc1nc(-c2ccc(C(C)C)cc2)cs1. The molecule has 1 amide bonds. The van der Waals surface area contributed by atoms with Crippen LogP contribution in [0.5, 0.6) is 0 Å². The number of sulfone groups is 1. The Morgan fingerprint density at radius 3 is 2.43 bits per heavy atom. The van der Waals surface area contributed by atoms with Gasteiger partial charge < -0.3 is 0 Å². The van der Waals surface area contributed by atoms with Gasteiger partial charge in [0.25, 0.3) is 5.91 Å². The van der Waals surface area contributed by atoms with E-state index in [2.05, 4.69) is 36.3 Å². The Balaban J connectivity index is 1.82. The van der Waals surface area contributed by atoms with Crippen molar-refractivity contribution >= 4 is 32.2 Å². The van der Waals surface area contributed by atoms with Crippen molar-refractivity contribution in [2.24, 2.45) is 0 Å². The maximum atomic E-state index is 12.7. The zero-order valence-electron chi connectivity index (χ0n) is 16.0. The van der Waals surface area contributed by atoms with E-state index >= 15 is 0 Å². The highest BCUT2D eigenvalue weighted by Crippen LogP contribution is 2.27. The van der Waals surface area contributed by atoms with Crippen molar-refractivity contribution in [2.75, 3.05) is 11.1 Å². The lowest BCUT2D eigenvalue weighted by Gasteiger charge is -2.08. The molecule has 0 aliphatic rings. The Morgan fingerprint density at radius 1 is 1.11 bits per heavy atom. The number of carbonyl (C=O) groups excluding carboxylic acids is 1. The van der Waals surface area contributed by atoms with Crippen LogP contribution >= 0.6 is 11.3 Å². The molecule has 0 fully saturated rings. The Hall–Kier alpha value is -2.51. The minimum atomic E-state index is -3.49. The average Bonchev–Trinajstić information content (AvgIpc) is 3.16. The lowest BCUT2D eigenvalue weighted by Crippen LogP contribution is -2.17. The van der Waals surface area contributed by atoms with E-state index in [1.807, 2.05) is 17.5 Å². The van der Waals surface area contributed by atoms with Gasteiger partial charge in [-0.05, 0) is 23.6 Å². The highest BCUT2D eigenvalue weighted by molar-refractivity contribution is 7.91. The van der Waals surface area contributed by atoms with Gasteiger partial charge in [-0.2, -0.15) is 0 Å². The number of nitrogens with one attached hydrogen (secondary N) is 1. The number of carbonyl (C=O) groups is 1. The van der Waals surface area contributed by atoms with E-state index in [-0.39, 0.29) is 16.2 Å². The van der Waals surface area contributed by atoms with E-state index < -0.39 is 15.7 Å². The summed E-state index contributed by atoms with van der Waals surface area (Å²) in [7, 11) is -3.49. The minimum Gasteiger partial charge on any atom is -0.298 e. The first kappa shape index (κ1) is 20.2. The standard InChI is InChI=1S/C21H22N2O3S2/c1-4-28(25,26)19-8-6-5-7-17(19)20(24)23-21-22-18(13-27-21)16-11-9-15(10-12-16)14(2)3/h5-14H,4H2,1-3H3,(H,22,23,24). The monoisotopic (exact) mass is 414 g/mol. The van der Waals surface area contributed by atoms with Gasteiger partial charge in [0, 0.05) is 10.9 Å². The van der Waals surface area contributed by atoms with Gasteiger partial charge in [0.1, 0.15) is 0 Å². The lowest BCUT2D eigenvalue weighted by atomic mass is 10.0. The number of hydrogen-bond donors (Lipinski definition) is 1. The van der Waals surface area contributed by atoms with E-state index in [0.29, 0.717) is 11.0 Å². The predicted molar refractivity (Wildman–Crippen MR) is 114 cm³/mol. The number of nitrogens with zero attached hydrogens (tertiary/aromatic N) is 1. The van der Waals surface area contributed by atoms with Crippen LogP contribution in [0.4, 0.5) is 5.13 Å². The largest absolute Gasteiger partial charge is 0.298 e. The fourth-order valence-corrected chi connectivity index (χ4v) is 4.56. The van der Waals surface area contributed by atoms with Gasteiger partial charge in [-0.15, -0.1) is 11.3 Å². The summed E-state index contributed by atoms with van der Waals surface area (Å²) in [6.07, 6.45) is 0. The van der Waals surface area contributed by atoms with Gasteiger partial charge >= 0.3 is 0 Å². The van der Waals surface area contributed by atoms with Gasteiger partial charge in [-0.25, -0.2) is 13.4 Å². The molecule has 1 N–H and O–H groups in total. The molecular formula is C21H22N2O3S2. The molecule has 0 aliphatic carbocycles. The third kappa shape index (κ3) is 4.31. The Labute approximate surface area is 169 Å². The van der Waals surface area contributed by atoms with E-state index in [1.165, 1.54) is 29.0 Å². The topological polar surface area (TPSA) is 76.1 Å². The maximum absolute atomic E-state index is 12.7. The van der Waals surface area contributed by atoms with Crippen molar-refractivity contribution in [1.29, 1.82) is 0 Å². The number of thiazole rings is 1. The number of aromatic nitrogens is 1. The zero-order chi connectivity index (χ0) is 20.3. The molecule has 28 heavy (non-hydrogen) atoms. The first-order valence-corrected chi connectivity index (χ1v) is 11.5. The van der Waals surface area contributed by atoms with Crippen LogP contribution in [-0.4, -0.2) is 25.1 Å². The smallest absolute Gasteiger partial charge is 0.258 e. The molecule has 7 heteroatoms. The molecule has 0 atom stereocenters. The molecule has 3 rings (SSSR count). The van der Waals surface area contributed by atoms with Crippen molar-refractivity contribution in [3.8, 4) is 11.3 Å². The van der Waals surface area contributed by atoms with Crippen LogP contribution in [0.2, 0.25) is 0 Å². The van der Waals surface area contributed by atoms with Crippen LogP contribution in [-0.2, 0) is 9.84 Å². The Kier molecular flexibility index (Phi) is 5.96. The first-order chi connectivity index (χ1) is 13.3. The van der Waals surface area contributed by atoms with Gasteiger partial charge in [0.2, 0.25) is 0 Å². The second-order valence-corrected chi connectivity index (χ2v) is 9.77. The fourth-order valence-electron chi connectivity index (χ4n) is 2.75. The molecule has 1 aromatic heterocycles. The first-order valence-electron chi connectivity index (χ1n) is 9.01. The average molecular weight is 415 g/mol.